The van der Waals surface area contributed by atoms with E-state index in [1.807, 2.05) is 31.2 Å². The van der Waals surface area contributed by atoms with Crippen LogP contribution < -0.4 is 4.72 Å². The molecule has 9 heteroatoms. The smallest absolute Gasteiger partial charge is 0.243 e. The molecule has 0 radical (unpaired) electrons. The molecule has 2 aromatic carbocycles. The fourth-order valence-electron chi connectivity index (χ4n) is 3.12. The van der Waals surface area contributed by atoms with Gasteiger partial charge in [-0.2, -0.15) is 0 Å². The summed E-state index contributed by atoms with van der Waals surface area (Å²) in [4.78, 5) is 1.15. The summed E-state index contributed by atoms with van der Waals surface area (Å²) in [7, 11) is -4.37. The highest BCUT2D eigenvalue weighted by atomic mass is 32.2. The van der Waals surface area contributed by atoms with Gasteiger partial charge in [0.1, 0.15) is 4.90 Å². The van der Waals surface area contributed by atoms with Gasteiger partial charge in [-0.25, -0.2) is 26.3 Å². The number of benzene rings is 2. The van der Waals surface area contributed by atoms with E-state index in [9.17, 15) is 21.6 Å². The van der Waals surface area contributed by atoms with Gasteiger partial charge < -0.3 is 4.74 Å². The van der Waals surface area contributed by atoms with Crippen molar-refractivity contribution in [3.8, 4) is 0 Å². The topological polar surface area (TPSA) is 58.6 Å². The summed E-state index contributed by atoms with van der Waals surface area (Å²) in [6, 6.07) is 8.65. The molecule has 0 saturated carbocycles. The van der Waals surface area contributed by atoms with Crippen molar-refractivity contribution in [3.63, 3.8) is 0 Å². The van der Waals surface area contributed by atoms with Crippen molar-refractivity contribution in [3.05, 3.63) is 65.0 Å². The second kappa shape index (κ2) is 8.60. The van der Waals surface area contributed by atoms with Crippen LogP contribution in [0.25, 0.3) is 0 Å². The van der Waals surface area contributed by atoms with Crippen molar-refractivity contribution in [2.24, 2.45) is 0 Å². The van der Waals surface area contributed by atoms with Gasteiger partial charge in [0.2, 0.25) is 10.0 Å². The van der Waals surface area contributed by atoms with Crippen molar-refractivity contribution >= 4 is 10.0 Å². The Hall–Kier alpha value is -1.94. The molecular formula is C19H21F3N2O3S. The number of halogens is 3. The van der Waals surface area contributed by atoms with Crippen LogP contribution in [-0.2, 0) is 14.8 Å². The zero-order valence-corrected chi connectivity index (χ0v) is 16.1. The molecule has 1 aliphatic heterocycles. The molecule has 1 atom stereocenters. The number of hydrogen-bond donors (Lipinski definition) is 1. The molecule has 0 aliphatic carbocycles. The number of ether oxygens (including phenoxy) is 1. The highest BCUT2D eigenvalue weighted by molar-refractivity contribution is 7.89. The van der Waals surface area contributed by atoms with Gasteiger partial charge in [0.05, 0.1) is 13.2 Å². The molecular weight excluding hydrogens is 393 g/mol. The van der Waals surface area contributed by atoms with E-state index < -0.39 is 32.4 Å². The molecule has 28 heavy (non-hydrogen) atoms. The second-order valence-electron chi connectivity index (χ2n) is 6.60. The standard InChI is InChI=1S/C19H21F3N2O3S/c1-13-2-4-14(5-3-13)16(24-8-10-27-11-9-24)12-23-28(25,26)17-7-6-15(20)18(21)19(17)22/h2-7,16,23H,8-12H2,1H3/t16-/m0/s1. The number of aryl methyl sites for hydroxylation is 1. The maximum atomic E-state index is 13.9. The predicted molar refractivity (Wildman–Crippen MR) is 97.8 cm³/mol. The highest BCUT2D eigenvalue weighted by Crippen LogP contribution is 2.24. The fraction of sp³-hybridized carbons (Fsp3) is 0.368. The second-order valence-corrected chi connectivity index (χ2v) is 8.34. The van der Waals surface area contributed by atoms with Gasteiger partial charge in [0.15, 0.2) is 17.5 Å². The summed E-state index contributed by atoms with van der Waals surface area (Å²) in [6.45, 7) is 4.16. The highest BCUT2D eigenvalue weighted by Gasteiger charge is 2.28. The number of nitrogens with zero attached hydrogens (tertiary/aromatic N) is 1. The Kier molecular flexibility index (Phi) is 6.39. The number of hydrogen-bond acceptors (Lipinski definition) is 4. The largest absolute Gasteiger partial charge is 0.379 e. The zero-order valence-electron chi connectivity index (χ0n) is 15.3. The summed E-state index contributed by atoms with van der Waals surface area (Å²) >= 11 is 0. The van der Waals surface area contributed by atoms with Crippen molar-refractivity contribution in [2.75, 3.05) is 32.8 Å². The van der Waals surface area contributed by atoms with Gasteiger partial charge in [0, 0.05) is 25.7 Å². The van der Waals surface area contributed by atoms with E-state index in [1.54, 1.807) is 0 Å². The maximum Gasteiger partial charge on any atom is 0.243 e. The summed E-state index contributed by atoms with van der Waals surface area (Å²) in [5, 5.41) is 0. The Morgan fingerprint density at radius 3 is 2.32 bits per heavy atom. The molecule has 0 spiro atoms. The van der Waals surface area contributed by atoms with E-state index in [0.29, 0.717) is 38.4 Å². The molecule has 0 unspecified atom stereocenters. The van der Waals surface area contributed by atoms with Crippen molar-refractivity contribution in [1.29, 1.82) is 0 Å². The molecule has 3 rings (SSSR count). The van der Waals surface area contributed by atoms with Crippen LogP contribution in [0.3, 0.4) is 0 Å². The monoisotopic (exact) mass is 414 g/mol. The van der Waals surface area contributed by atoms with Crippen molar-refractivity contribution in [2.45, 2.75) is 17.9 Å². The first-order valence-corrected chi connectivity index (χ1v) is 10.3. The normalized spacial score (nSPS) is 16.9. The third-order valence-corrected chi connectivity index (χ3v) is 6.15. The van der Waals surface area contributed by atoms with Crippen molar-refractivity contribution in [1.82, 2.24) is 9.62 Å². The lowest BCUT2D eigenvalue weighted by atomic mass is 10.0. The first kappa shape index (κ1) is 20.8. The third-order valence-electron chi connectivity index (χ3n) is 4.70. The minimum atomic E-state index is -4.37. The van der Waals surface area contributed by atoms with E-state index >= 15 is 0 Å². The SMILES string of the molecule is Cc1ccc([C@H](CNS(=O)(=O)c2ccc(F)c(F)c2F)N2CCOCC2)cc1. The molecule has 1 fully saturated rings. The molecule has 0 bridgehead atoms. The Balaban J connectivity index is 1.84. The molecule has 0 aromatic heterocycles. The first-order valence-electron chi connectivity index (χ1n) is 8.81. The average Bonchev–Trinajstić information content (AvgIpc) is 2.68. The molecule has 5 nitrogen and oxygen atoms in total. The van der Waals surface area contributed by atoms with Crippen LogP contribution >= 0.6 is 0 Å². The lowest BCUT2D eigenvalue weighted by Crippen LogP contribution is -2.43. The van der Waals surface area contributed by atoms with Crippen LogP contribution in [0, 0.1) is 24.4 Å². The van der Waals surface area contributed by atoms with E-state index in [2.05, 4.69) is 9.62 Å². The average molecular weight is 414 g/mol. The Morgan fingerprint density at radius 1 is 1.04 bits per heavy atom. The number of morpholine rings is 1. The number of sulfonamides is 1. The maximum absolute atomic E-state index is 13.9. The summed E-state index contributed by atoms with van der Waals surface area (Å²) in [5.74, 6) is -4.99. The minimum absolute atomic E-state index is 0.0518. The van der Waals surface area contributed by atoms with Gasteiger partial charge in [0.25, 0.3) is 0 Å². The van der Waals surface area contributed by atoms with Gasteiger partial charge in [-0.05, 0) is 24.6 Å². The third kappa shape index (κ3) is 4.54. The van der Waals surface area contributed by atoms with Gasteiger partial charge in [-0.3, -0.25) is 4.90 Å². The molecule has 1 N–H and O–H groups in total. The van der Waals surface area contributed by atoms with Crippen LogP contribution in [0.5, 0.6) is 0 Å². The minimum Gasteiger partial charge on any atom is -0.379 e. The molecule has 1 saturated heterocycles. The quantitative estimate of drug-likeness (QED) is 0.739. The molecule has 1 heterocycles. The zero-order chi connectivity index (χ0) is 20.3. The van der Waals surface area contributed by atoms with Crippen molar-refractivity contribution < 1.29 is 26.3 Å². The molecule has 152 valence electrons. The molecule has 1 aliphatic rings. The van der Waals surface area contributed by atoms with Gasteiger partial charge in [-0.15, -0.1) is 0 Å². The van der Waals surface area contributed by atoms with Crippen LogP contribution in [-0.4, -0.2) is 46.2 Å². The first-order chi connectivity index (χ1) is 13.3. The summed E-state index contributed by atoms with van der Waals surface area (Å²) in [6.07, 6.45) is 0. The molecule has 0 amide bonds. The van der Waals surface area contributed by atoms with Gasteiger partial charge in [-0.1, -0.05) is 29.8 Å². The van der Waals surface area contributed by atoms with Crippen LogP contribution in [0.4, 0.5) is 13.2 Å². The number of rotatable bonds is 6. The molecule has 2 aromatic rings. The van der Waals surface area contributed by atoms with E-state index in [-0.39, 0.29) is 12.6 Å². The predicted octanol–water partition coefficient (Wildman–Crippen LogP) is 2.76. The van der Waals surface area contributed by atoms with Crippen LogP contribution in [0.15, 0.2) is 41.3 Å². The van der Waals surface area contributed by atoms with Crippen LogP contribution in [0.1, 0.15) is 17.2 Å². The van der Waals surface area contributed by atoms with Gasteiger partial charge >= 0.3 is 0 Å². The fourth-order valence-corrected chi connectivity index (χ4v) is 4.22. The van der Waals surface area contributed by atoms with E-state index in [1.165, 1.54) is 0 Å². The van der Waals surface area contributed by atoms with E-state index in [0.717, 1.165) is 11.1 Å². The Morgan fingerprint density at radius 2 is 1.68 bits per heavy atom. The lowest BCUT2D eigenvalue weighted by molar-refractivity contribution is 0.0172. The van der Waals surface area contributed by atoms with Crippen LogP contribution in [0.2, 0.25) is 0 Å². The summed E-state index contributed by atoms with van der Waals surface area (Å²) in [5.41, 5.74) is 1.95. The lowest BCUT2D eigenvalue weighted by Gasteiger charge is -2.35. The summed E-state index contributed by atoms with van der Waals surface area (Å²) < 4.78 is 73.2. The Bertz CT molecular complexity index is 930. The number of nitrogens with one attached hydrogen (secondary N) is 1. The Labute approximate surface area is 162 Å². The van der Waals surface area contributed by atoms with E-state index in [4.69, 9.17) is 4.74 Å².